The van der Waals surface area contributed by atoms with Crippen LogP contribution < -0.4 is 10.1 Å². The van der Waals surface area contributed by atoms with Gasteiger partial charge in [-0.3, -0.25) is 4.79 Å². The van der Waals surface area contributed by atoms with Crippen LogP contribution in [0.2, 0.25) is 0 Å². The van der Waals surface area contributed by atoms with Gasteiger partial charge in [0.05, 0.1) is 27.8 Å². The third-order valence-corrected chi connectivity index (χ3v) is 6.20. The highest BCUT2D eigenvalue weighted by Gasteiger charge is 2.21. The van der Waals surface area contributed by atoms with Gasteiger partial charge in [-0.05, 0) is 52.2 Å². The molecule has 2 aromatic carbocycles. The van der Waals surface area contributed by atoms with Crippen molar-refractivity contribution < 1.29 is 17.9 Å². The summed E-state index contributed by atoms with van der Waals surface area (Å²) in [6.07, 6.45) is 0.498. The largest absolute Gasteiger partial charge is 0.496 e. The number of carbonyl (C=O) groups excluding carboxylic acids is 1. The van der Waals surface area contributed by atoms with E-state index in [4.69, 9.17) is 4.74 Å². The van der Waals surface area contributed by atoms with E-state index in [9.17, 15) is 13.2 Å². The second kappa shape index (κ2) is 8.49. The molecule has 134 valence electrons. The minimum atomic E-state index is -3.47. The summed E-state index contributed by atoms with van der Waals surface area (Å²) in [6.45, 7) is 2.07. The van der Waals surface area contributed by atoms with Gasteiger partial charge in [-0.2, -0.15) is 0 Å². The van der Waals surface area contributed by atoms with E-state index in [1.807, 2.05) is 12.1 Å². The molecule has 0 aliphatic rings. The maximum absolute atomic E-state index is 12.5. The molecule has 2 rings (SSSR count). The number of methoxy groups -OCH3 is 1. The standard InChI is InChI=1S/C18H20BrNO4S/c1-3-10-25(22,23)17-7-5-4-6-14(17)18(21)20-12-13-8-9-16(24-2)15(19)11-13/h4-9,11H,3,10,12H2,1-2H3,(H,20,21). The van der Waals surface area contributed by atoms with E-state index in [2.05, 4.69) is 21.2 Å². The molecule has 0 saturated carbocycles. The number of sulfone groups is 1. The van der Waals surface area contributed by atoms with E-state index < -0.39 is 15.7 Å². The zero-order chi connectivity index (χ0) is 18.4. The highest BCUT2D eigenvalue weighted by molar-refractivity contribution is 9.10. The maximum Gasteiger partial charge on any atom is 0.252 e. The second-order valence-electron chi connectivity index (χ2n) is 5.47. The van der Waals surface area contributed by atoms with Crippen LogP contribution in [0.1, 0.15) is 29.3 Å². The van der Waals surface area contributed by atoms with Crippen molar-refractivity contribution in [2.75, 3.05) is 12.9 Å². The molecular weight excluding hydrogens is 406 g/mol. The lowest BCUT2D eigenvalue weighted by Gasteiger charge is -2.11. The van der Waals surface area contributed by atoms with Gasteiger partial charge in [-0.15, -0.1) is 0 Å². The Hall–Kier alpha value is -1.86. The second-order valence-corrected chi connectivity index (χ2v) is 8.40. The minimum absolute atomic E-state index is 0.0166. The molecule has 0 fully saturated rings. The first-order chi connectivity index (χ1) is 11.9. The van der Waals surface area contributed by atoms with E-state index in [-0.39, 0.29) is 22.8 Å². The number of amides is 1. The molecule has 1 amide bonds. The molecule has 5 nitrogen and oxygen atoms in total. The summed E-state index contributed by atoms with van der Waals surface area (Å²) in [7, 11) is -1.89. The van der Waals surface area contributed by atoms with Gasteiger partial charge in [-0.1, -0.05) is 25.1 Å². The summed E-state index contributed by atoms with van der Waals surface area (Å²) in [6, 6.07) is 11.8. The fourth-order valence-corrected chi connectivity index (χ4v) is 4.53. The Labute approximate surface area is 156 Å². The van der Waals surface area contributed by atoms with Crippen LogP contribution in [0.5, 0.6) is 5.75 Å². The summed E-state index contributed by atoms with van der Waals surface area (Å²) >= 11 is 3.40. The Morgan fingerprint density at radius 1 is 1.20 bits per heavy atom. The highest BCUT2D eigenvalue weighted by atomic mass is 79.9. The fourth-order valence-electron chi connectivity index (χ4n) is 2.40. The van der Waals surface area contributed by atoms with E-state index in [0.29, 0.717) is 12.2 Å². The summed E-state index contributed by atoms with van der Waals surface area (Å²) < 4.78 is 30.6. The number of halogens is 1. The van der Waals surface area contributed by atoms with E-state index in [0.717, 1.165) is 10.0 Å². The summed E-state index contributed by atoms with van der Waals surface area (Å²) in [5.74, 6) is 0.302. The van der Waals surface area contributed by atoms with Crippen LogP contribution in [-0.4, -0.2) is 27.2 Å². The van der Waals surface area contributed by atoms with Crippen molar-refractivity contribution in [1.29, 1.82) is 0 Å². The predicted molar refractivity (Wildman–Crippen MR) is 101 cm³/mol. The van der Waals surface area contributed by atoms with Gasteiger partial charge in [0.25, 0.3) is 5.91 Å². The number of carbonyl (C=O) groups is 1. The van der Waals surface area contributed by atoms with Crippen molar-refractivity contribution >= 4 is 31.7 Å². The van der Waals surface area contributed by atoms with E-state index in [1.54, 1.807) is 32.2 Å². The molecule has 0 heterocycles. The quantitative estimate of drug-likeness (QED) is 0.735. The SMILES string of the molecule is CCCS(=O)(=O)c1ccccc1C(=O)NCc1ccc(OC)c(Br)c1. The molecule has 1 N–H and O–H groups in total. The van der Waals surface area contributed by atoms with Crippen LogP contribution in [0.3, 0.4) is 0 Å². The van der Waals surface area contributed by atoms with Crippen molar-refractivity contribution in [3.8, 4) is 5.75 Å². The van der Waals surface area contributed by atoms with Crippen LogP contribution in [0, 0.1) is 0 Å². The number of nitrogens with one attached hydrogen (secondary N) is 1. The van der Waals surface area contributed by atoms with Crippen LogP contribution in [0.25, 0.3) is 0 Å². The normalized spacial score (nSPS) is 11.2. The van der Waals surface area contributed by atoms with Gasteiger partial charge in [0.15, 0.2) is 9.84 Å². The average Bonchev–Trinajstić information content (AvgIpc) is 2.59. The van der Waals surface area contributed by atoms with Crippen molar-refractivity contribution in [2.24, 2.45) is 0 Å². The zero-order valence-corrected chi connectivity index (χ0v) is 16.5. The zero-order valence-electron chi connectivity index (χ0n) is 14.1. The third kappa shape index (κ3) is 4.83. The number of benzene rings is 2. The Bertz CT molecular complexity index is 865. The van der Waals surface area contributed by atoms with Crippen molar-refractivity contribution in [2.45, 2.75) is 24.8 Å². The lowest BCUT2D eigenvalue weighted by atomic mass is 10.2. The highest BCUT2D eigenvalue weighted by Crippen LogP contribution is 2.25. The van der Waals surface area contributed by atoms with Gasteiger partial charge < -0.3 is 10.1 Å². The van der Waals surface area contributed by atoms with Gasteiger partial charge in [0.2, 0.25) is 0 Å². The van der Waals surface area contributed by atoms with Crippen LogP contribution in [-0.2, 0) is 16.4 Å². The Morgan fingerprint density at radius 3 is 2.56 bits per heavy atom. The number of hydrogen-bond donors (Lipinski definition) is 1. The molecule has 0 atom stereocenters. The van der Waals surface area contributed by atoms with Crippen LogP contribution in [0.4, 0.5) is 0 Å². The molecule has 0 aliphatic heterocycles. The molecule has 0 radical (unpaired) electrons. The van der Waals surface area contributed by atoms with Gasteiger partial charge in [0, 0.05) is 6.54 Å². The first kappa shape index (κ1) is 19.5. The molecule has 0 unspecified atom stereocenters. The molecule has 0 saturated heterocycles. The molecule has 0 bridgehead atoms. The van der Waals surface area contributed by atoms with Crippen LogP contribution in [0.15, 0.2) is 51.8 Å². The molecule has 0 aromatic heterocycles. The minimum Gasteiger partial charge on any atom is -0.496 e. The van der Waals surface area contributed by atoms with Gasteiger partial charge in [0.1, 0.15) is 5.75 Å². The van der Waals surface area contributed by atoms with Crippen molar-refractivity contribution in [1.82, 2.24) is 5.32 Å². The molecule has 25 heavy (non-hydrogen) atoms. The van der Waals surface area contributed by atoms with E-state index >= 15 is 0 Å². The first-order valence-electron chi connectivity index (χ1n) is 7.81. The predicted octanol–water partition coefficient (Wildman–Crippen LogP) is 3.57. The van der Waals surface area contributed by atoms with Crippen molar-refractivity contribution in [3.63, 3.8) is 0 Å². The average molecular weight is 426 g/mol. The first-order valence-corrected chi connectivity index (χ1v) is 10.3. The lowest BCUT2D eigenvalue weighted by molar-refractivity contribution is 0.0947. The fraction of sp³-hybridized carbons (Fsp3) is 0.278. The smallest absolute Gasteiger partial charge is 0.252 e. The molecule has 0 spiro atoms. The molecule has 0 aliphatic carbocycles. The maximum atomic E-state index is 12.5. The summed E-state index contributed by atoms with van der Waals surface area (Å²) in [4.78, 5) is 12.6. The van der Waals surface area contributed by atoms with Crippen molar-refractivity contribution in [3.05, 3.63) is 58.1 Å². The van der Waals surface area contributed by atoms with Gasteiger partial charge in [-0.25, -0.2) is 8.42 Å². The number of ether oxygens (including phenoxy) is 1. The molecule has 7 heteroatoms. The Balaban J connectivity index is 2.18. The Morgan fingerprint density at radius 2 is 1.92 bits per heavy atom. The number of rotatable bonds is 7. The van der Waals surface area contributed by atoms with Crippen LogP contribution >= 0.6 is 15.9 Å². The molecular formula is C18H20BrNO4S. The monoisotopic (exact) mass is 425 g/mol. The summed E-state index contributed by atoms with van der Waals surface area (Å²) in [5.41, 5.74) is 1.04. The summed E-state index contributed by atoms with van der Waals surface area (Å²) in [5, 5.41) is 2.77. The third-order valence-electron chi connectivity index (χ3n) is 3.61. The Kier molecular flexibility index (Phi) is 6.61. The number of hydrogen-bond acceptors (Lipinski definition) is 4. The lowest BCUT2D eigenvalue weighted by Crippen LogP contribution is -2.25. The topological polar surface area (TPSA) is 72.5 Å². The van der Waals surface area contributed by atoms with E-state index in [1.165, 1.54) is 12.1 Å². The molecule has 2 aromatic rings. The van der Waals surface area contributed by atoms with Gasteiger partial charge >= 0.3 is 0 Å².